The highest BCUT2D eigenvalue weighted by atomic mass is 32.1. The highest BCUT2D eigenvalue weighted by Gasteiger charge is 2.42. The van der Waals surface area contributed by atoms with Crippen molar-refractivity contribution in [1.82, 2.24) is 40.4 Å². The first-order valence-electron chi connectivity index (χ1n) is 21.2. The highest BCUT2D eigenvalue weighted by Crippen LogP contribution is 2.41. The molecule has 326 valence electrons. The van der Waals surface area contributed by atoms with Crippen molar-refractivity contribution in [2.24, 2.45) is 23.7 Å². The fourth-order valence-electron chi connectivity index (χ4n) is 8.87. The first kappa shape index (κ1) is 42.9. The van der Waals surface area contributed by atoms with Crippen LogP contribution >= 0.6 is 22.7 Å². The molecule has 0 aliphatic carbocycles. The van der Waals surface area contributed by atoms with E-state index in [0.717, 1.165) is 77.7 Å². The van der Waals surface area contributed by atoms with E-state index in [9.17, 15) is 19.2 Å². The summed E-state index contributed by atoms with van der Waals surface area (Å²) in [4.78, 5) is 74.3. The molecule has 2 saturated heterocycles. The quantitative estimate of drug-likeness (QED) is 0.0997. The first-order valence-corrected chi connectivity index (χ1v) is 22.9. The lowest BCUT2D eigenvalue weighted by Crippen LogP contribution is -2.51. The summed E-state index contributed by atoms with van der Waals surface area (Å²) in [6, 6.07) is 15.4. The Morgan fingerprint density at radius 3 is 1.89 bits per heavy atom. The van der Waals surface area contributed by atoms with Crippen molar-refractivity contribution < 1.29 is 28.7 Å². The van der Waals surface area contributed by atoms with E-state index in [1.807, 2.05) is 43.7 Å². The number of thiophene rings is 2. The normalized spacial score (nSPS) is 20.0. The largest absolute Gasteiger partial charge is 0.453 e. The topological polar surface area (TPSA) is 175 Å². The maximum absolute atomic E-state index is 13.8. The molecule has 4 amide bonds. The summed E-state index contributed by atoms with van der Waals surface area (Å²) in [5.41, 5.74) is 6.15. The van der Waals surface area contributed by atoms with Gasteiger partial charge in [-0.3, -0.25) is 9.59 Å². The zero-order valence-corrected chi connectivity index (χ0v) is 37.9. The summed E-state index contributed by atoms with van der Waals surface area (Å²) in [5, 5.41) is 8.72. The smallest absolute Gasteiger partial charge is 0.407 e. The number of fused-ring (bicyclic) bond motifs is 2. The Morgan fingerprint density at radius 2 is 1.32 bits per heavy atom. The second-order valence-corrected chi connectivity index (χ2v) is 19.4. The predicted octanol–water partition coefficient (Wildman–Crippen LogP) is 9.14. The van der Waals surface area contributed by atoms with Crippen LogP contribution in [0.3, 0.4) is 0 Å². The Bertz CT molecular complexity index is 2580. The van der Waals surface area contributed by atoms with Gasteiger partial charge in [-0.2, -0.15) is 0 Å². The molecule has 4 aromatic heterocycles. The van der Waals surface area contributed by atoms with E-state index in [0.29, 0.717) is 13.1 Å². The minimum atomic E-state index is -0.704. The minimum Gasteiger partial charge on any atom is -0.453 e. The number of carbonyl (C=O) groups is 4. The van der Waals surface area contributed by atoms with E-state index in [-0.39, 0.29) is 47.6 Å². The number of alkyl carbamates (subject to hydrolysis) is 2. The number of aromatic amines is 2. The maximum Gasteiger partial charge on any atom is 0.407 e. The number of ether oxygens (including phenoxy) is 2. The van der Waals surface area contributed by atoms with Crippen molar-refractivity contribution in [2.45, 2.75) is 78.6 Å². The van der Waals surface area contributed by atoms with Crippen LogP contribution < -0.4 is 10.6 Å². The number of methoxy groups -OCH3 is 2. The highest BCUT2D eigenvalue weighted by molar-refractivity contribution is 7.21. The number of nitrogens with one attached hydrogen (secondary N) is 4. The molecule has 16 heteroatoms. The average molecular weight is 879 g/mol. The van der Waals surface area contributed by atoms with E-state index in [4.69, 9.17) is 19.4 Å². The summed E-state index contributed by atoms with van der Waals surface area (Å²) < 4.78 is 10.8. The van der Waals surface area contributed by atoms with Gasteiger partial charge in [0, 0.05) is 39.0 Å². The molecule has 0 saturated carbocycles. The number of likely N-dealkylation sites (tertiary alicyclic amines) is 2. The van der Waals surface area contributed by atoms with Crippen LogP contribution in [-0.2, 0) is 19.1 Å². The van der Waals surface area contributed by atoms with Gasteiger partial charge in [-0.1, -0.05) is 71.9 Å². The molecule has 8 rings (SSSR count). The molecule has 2 aromatic carbocycles. The summed E-state index contributed by atoms with van der Waals surface area (Å²) in [6.07, 6.45) is 2.16. The molecule has 6 aromatic rings. The lowest BCUT2D eigenvalue weighted by Gasteiger charge is -2.30. The summed E-state index contributed by atoms with van der Waals surface area (Å²) in [6.45, 7) is 13.1. The number of H-pyrrole nitrogens is 2. The summed E-state index contributed by atoms with van der Waals surface area (Å²) in [7, 11) is 2.60. The van der Waals surface area contributed by atoms with Gasteiger partial charge in [0.1, 0.15) is 28.6 Å². The molecule has 62 heavy (non-hydrogen) atoms. The van der Waals surface area contributed by atoms with Crippen molar-refractivity contribution in [2.75, 3.05) is 27.3 Å². The van der Waals surface area contributed by atoms with Gasteiger partial charge in [-0.05, 0) is 71.4 Å². The van der Waals surface area contributed by atoms with Crippen LogP contribution in [0, 0.1) is 23.7 Å². The van der Waals surface area contributed by atoms with Gasteiger partial charge in [0.15, 0.2) is 0 Å². The third-order valence-electron chi connectivity index (χ3n) is 12.2. The van der Waals surface area contributed by atoms with E-state index >= 15 is 0 Å². The Kier molecular flexibility index (Phi) is 12.2. The Labute approximate surface area is 368 Å². The van der Waals surface area contributed by atoms with E-state index in [1.54, 1.807) is 22.7 Å². The molecular formula is C46H54N8O6S2. The molecular weight excluding hydrogens is 825 g/mol. The predicted molar refractivity (Wildman–Crippen MR) is 243 cm³/mol. The number of hydrogen-bond donors (Lipinski definition) is 4. The molecule has 6 atom stereocenters. The minimum absolute atomic E-state index is 0.110. The number of nitrogens with zero attached hydrogens (tertiary/aromatic N) is 4. The molecule has 14 nitrogen and oxygen atoms in total. The molecule has 0 radical (unpaired) electrons. The zero-order chi connectivity index (χ0) is 44.0. The Hall–Kier alpha value is -5.74. The molecule has 2 aliphatic rings. The molecule has 2 fully saturated rings. The SMILES string of the molecule is COC(=O)N[C@H](C(=O)N1C[C@@H](C)C[C@H]1c1ncc(-c2csc3ccc(-c4ccc(-c5cc6[nH]c([C@@H]7C[C@H](C)CN7C(=O)[C@@H](NC(=O)OC)C(C)C)nc6s5)cc4)cc23)[nH]1)C(C)C. The van der Waals surface area contributed by atoms with Crippen molar-refractivity contribution in [1.29, 1.82) is 0 Å². The van der Waals surface area contributed by atoms with Gasteiger partial charge in [0.05, 0.1) is 43.7 Å². The van der Waals surface area contributed by atoms with Gasteiger partial charge < -0.3 is 39.9 Å². The average Bonchev–Trinajstić information content (AvgIpc) is 4.12. The standard InChI is InChI=1S/C46H54N8O6S2/c1-23(2)38(50-45(57)59-7)43(55)53-20-25(5)15-34(53)40-47-19-33(49-40)31-22-61-36-14-13-29(17-30(31)36)27-9-11-28(12-10-27)37-18-32-42(62-37)52-41(48-32)35-16-26(6)21-54(35)44(56)39(24(3)4)51-46(58)60-8/h9-14,17-19,22-26,34-35,38-39H,15-16,20-21H2,1-8H3,(H,47,49)(H,48,52)(H,50,57)(H,51,58)/t25-,26-,34-,35-,38-,39-/m0/s1. The second-order valence-electron chi connectivity index (χ2n) is 17.5. The Morgan fingerprint density at radius 1 is 0.758 bits per heavy atom. The van der Waals surface area contributed by atoms with Crippen LogP contribution in [0.2, 0.25) is 0 Å². The van der Waals surface area contributed by atoms with E-state index in [2.05, 4.69) is 88.4 Å². The second kappa shape index (κ2) is 17.6. The number of amides is 4. The molecule has 4 N–H and O–H groups in total. The molecule has 2 aliphatic heterocycles. The maximum atomic E-state index is 13.8. The summed E-state index contributed by atoms with van der Waals surface area (Å²) >= 11 is 3.30. The Balaban J connectivity index is 0.985. The van der Waals surface area contributed by atoms with Crippen LogP contribution in [0.5, 0.6) is 0 Å². The fourth-order valence-corrected chi connectivity index (χ4v) is 10.8. The van der Waals surface area contributed by atoms with Crippen molar-refractivity contribution in [3.8, 4) is 32.8 Å². The van der Waals surface area contributed by atoms with Gasteiger partial charge >= 0.3 is 12.2 Å². The number of carbonyl (C=O) groups excluding carboxylic acids is 4. The summed E-state index contributed by atoms with van der Waals surface area (Å²) in [5.74, 6) is 1.56. The van der Waals surface area contributed by atoms with Crippen molar-refractivity contribution in [3.63, 3.8) is 0 Å². The number of aromatic nitrogens is 4. The van der Waals surface area contributed by atoms with Gasteiger partial charge in [-0.15, -0.1) is 22.7 Å². The van der Waals surface area contributed by atoms with Gasteiger partial charge in [0.2, 0.25) is 11.8 Å². The van der Waals surface area contributed by atoms with Crippen LogP contribution in [-0.4, -0.2) is 93.1 Å². The van der Waals surface area contributed by atoms with Crippen molar-refractivity contribution >= 4 is 67.1 Å². The zero-order valence-electron chi connectivity index (χ0n) is 36.3. The van der Waals surface area contributed by atoms with E-state index in [1.165, 1.54) is 14.2 Å². The van der Waals surface area contributed by atoms with Gasteiger partial charge in [-0.25, -0.2) is 19.6 Å². The number of imidazole rings is 2. The molecule has 0 spiro atoms. The third-order valence-corrected chi connectivity index (χ3v) is 14.2. The lowest BCUT2D eigenvalue weighted by atomic mass is 10.0. The molecule has 0 unspecified atom stereocenters. The van der Waals surface area contributed by atoms with Crippen LogP contribution in [0.25, 0.3) is 53.3 Å². The number of hydrogen-bond acceptors (Lipinski definition) is 10. The first-order chi connectivity index (χ1) is 29.7. The van der Waals surface area contributed by atoms with Crippen molar-refractivity contribution in [3.05, 3.63) is 71.8 Å². The monoisotopic (exact) mass is 878 g/mol. The van der Waals surface area contributed by atoms with E-state index < -0.39 is 24.3 Å². The lowest BCUT2D eigenvalue weighted by molar-refractivity contribution is -0.136. The molecule has 6 heterocycles. The van der Waals surface area contributed by atoms with Gasteiger partial charge in [0.25, 0.3) is 0 Å². The number of rotatable bonds is 11. The number of benzene rings is 2. The fraction of sp³-hybridized carbons (Fsp3) is 0.435. The van der Waals surface area contributed by atoms with Crippen LogP contribution in [0.4, 0.5) is 9.59 Å². The van der Waals surface area contributed by atoms with Crippen LogP contribution in [0.15, 0.2) is 60.1 Å². The molecule has 0 bridgehead atoms. The van der Waals surface area contributed by atoms with Crippen LogP contribution in [0.1, 0.15) is 78.1 Å². The third kappa shape index (κ3) is 8.41.